The summed E-state index contributed by atoms with van der Waals surface area (Å²) < 4.78 is 0.891. The van der Waals surface area contributed by atoms with Crippen molar-refractivity contribution < 1.29 is 9.59 Å². The Morgan fingerprint density at radius 2 is 2.25 bits per heavy atom. The highest BCUT2D eigenvalue weighted by molar-refractivity contribution is 9.10. The van der Waals surface area contributed by atoms with E-state index >= 15 is 0 Å². The minimum absolute atomic E-state index is 0.0559. The summed E-state index contributed by atoms with van der Waals surface area (Å²) in [6.07, 6.45) is 2.54. The molecule has 1 aliphatic rings. The van der Waals surface area contributed by atoms with Crippen molar-refractivity contribution >= 4 is 27.7 Å². The summed E-state index contributed by atoms with van der Waals surface area (Å²) in [5, 5.41) is 2.66. The van der Waals surface area contributed by atoms with Crippen LogP contribution in [0.2, 0.25) is 0 Å². The number of carbonyl (C=O) groups is 2. The monoisotopic (exact) mass is 339 g/mol. The molecule has 5 nitrogen and oxygen atoms in total. The molecular formula is C14H18BrN3O2. The highest BCUT2D eigenvalue weighted by Crippen LogP contribution is 2.20. The molecule has 1 aromatic heterocycles. The van der Waals surface area contributed by atoms with E-state index < -0.39 is 6.04 Å². The van der Waals surface area contributed by atoms with Gasteiger partial charge in [0.15, 0.2) is 0 Å². The van der Waals surface area contributed by atoms with Crippen LogP contribution in [0.15, 0.2) is 22.8 Å². The summed E-state index contributed by atoms with van der Waals surface area (Å²) in [5.74, 6) is -0.00891. The van der Waals surface area contributed by atoms with Crippen molar-refractivity contribution in [1.29, 1.82) is 0 Å². The maximum Gasteiger partial charge on any atom is 0.243 e. The molecular weight excluding hydrogens is 322 g/mol. The Morgan fingerprint density at radius 1 is 1.50 bits per heavy atom. The highest BCUT2D eigenvalue weighted by atomic mass is 79.9. The van der Waals surface area contributed by atoms with Crippen LogP contribution in [0, 0.1) is 5.92 Å². The maximum atomic E-state index is 12.1. The molecule has 20 heavy (non-hydrogen) atoms. The van der Waals surface area contributed by atoms with E-state index in [4.69, 9.17) is 0 Å². The second kappa shape index (κ2) is 6.35. The molecule has 0 aromatic carbocycles. The van der Waals surface area contributed by atoms with Gasteiger partial charge in [0.2, 0.25) is 11.8 Å². The number of amides is 2. The van der Waals surface area contributed by atoms with Gasteiger partial charge in [0.05, 0.1) is 18.8 Å². The number of carbonyl (C=O) groups excluding carboxylic acids is 2. The Hall–Kier alpha value is -1.43. The van der Waals surface area contributed by atoms with Crippen LogP contribution in [0.3, 0.4) is 0 Å². The van der Waals surface area contributed by atoms with Crippen LogP contribution < -0.4 is 5.32 Å². The van der Waals surface area contributed by atoms with Gasteiger partial charge in [0.25, 0.3) is 0 Å². The number of hydrogen-bond acceptors (Lipinski definition) is 3. The first kappa shape index (κ1) is 15.0. The lowest BCUT2D eigenvalue weighted by Gasteiger charge is -2.37. The van der Waals surface area contributed by atoms with Crippen LogP contribution in [-0.4, -0.2) is 34.3 Å². The van der Waals surface area contributed by atoms with Gasteiger partial charge in [-0.1, -0.05) is 20.3 Å². The molecule has 108 valence electrons. The zero-order chi connectivity index (χ0) is 14.7. The molecule has 0 aliphatic carbocycles. The molecule has 1 N–H and O–H groups in total. The minimum atomic E-state index is -0.410. The van der Waals surface area contributed by atoms with Crippen molar-refractivity contribution in [2.75, 3.05) is 6.54 Å². The molecule has 0 spiro atoms. The first-order valence-corrected chi connectivity index (χ1v) is 7.49. The van der Waals surface area contributed by atoms with Gasteiger partial charge in [-0.25, -0.2) is 0 Å². The first-order chi connectivity index (χ1) is 9.52. The van der Waals surface area contributed by atoms with E-state index in [0.29, 0.717) is 6.54 Å². The number of aromatic nitrogens is 1. The molecule has 1 aliphatic heterocycles. The Bertz CT molecular complexity index is 504. The summed E-state index contributed by atoms with van der Waals surface area (Å²) in [6.45, 7) is 4.45. The van der Waals surface area contributed by atoms with Crippen molar-refractivity contribution in [3.05, 3.63) is 28.5 Å². The Labute approximate surface area is 126 Å². The fourth-order valence-corrected chi connectivity index (χ4v) is 2.55. The SMILES string of the molecule is CCC(C)C1C(=O)NCC(=O)N1Cc1ccc(Br)cn1. The van der Waals surface area contributed by atoms with E-state index in [1.807, 2.05) is 26.0 Å². The molecule has 1 saturated heterocycles. The average Bonchev–Trinajstić information content (AvgIpc) is 2.44. The highest BCUT2D eigenvalue weighted by Gasteiger charge is 2.37. The van der Waals surface area contributed by atoms with Crippen molar-refractivity contribution in [1.82, 2.24) is 15.2 Å². The zero-order valence-electron chi connectivity index (χ0n) is 11.6. The smallest absolute Gasteiger partial charge is 0.243 e. The second-order valence-corrected chi connectivity index (χ2v) is 5.95. The summed E-state index contributed by atoms with van der Waals surface area (Å²) in [7, 11) is 0. The van der Waals surface area contributed by atoms with Crippen LogP contribution in [0.4, 0.5) is 0 Å². The minimum Gasteiger partial charge on any atom is -0.345 e. The van der Waals surface area contributed by atoms with Gasteiger partial charge >= 0.3 is 0 Å². The predicted octanol–water partition coefficient (Wildman–Crippen LogP) is 1.72. The standard InChI is InChI=1S/C14H18BrN3O2/c1-3-9(2)13-14(20)17-7-12(19)18(13)8-11-5-4-10(15)6-16-11/h4-6,9,13H,3,7-8H2,1-2H3,(H,17,20). The van der Waals surface area contributed by atoms with Gasteiger partial charge in [0.1, 0.15) is 6.04 Å². The molecule has 2 unspecified atom stereocenters. The van der Waals surface area contributed by atoms with E-state index in [9.17, 15) is 9.59 Å². The third kappa shape index (κ3) is 3.17. The van der Waals surface area contributed by atoms with E-state index in [1.54, 1.807) is 11.1 Å². The number of halogens is 1. The quantitative estimate of drug-likeness (QED) is 0.908. The van der Waals surface area contributed by atoms with Gasteiger partial charge in [0, 0.05) is 10.7 Å². The van der Waals surface area contributed by atoms with Gasteiger partial charge in [-0.2, -0.15) is 0 Å². The summed E-state index contributed by atoms with van der Waals surface area (Å²) in [4.78, 5) is 30.1. The Morgan fingerprint density at radius 3 is 2.85 bits per heavy atom. The summed E-state index contributed by atoms with van der Waals surface area (Å²) in [5.41, 5.74) is 0.782. The number of hydrogen-bond donors (Lipinski definition) is 1. The van der Waals surface area contributed by atoms with Crippen molar-refractivity contribution in [3.8, 4) is 0 Å². The third-order valence-corrected chi connectivity index (χ3v) is 4.11. The Kier molecular flexibility index (Phi) is 4.75. The molecule has 2 rings (SSSR count). The molecule has 0 radical (unpaired) electrons. The summed E-state index contributed by atoms with van der Waals surface area (Å²) in [6, 6.07) is 3.33. The van der Waals surface area contributed by atoms with Gasteiger partial charge in [-0.15, -0.1) is 0 Å². The number of pyridine rings is 1. The van der Waals surface area contributed by atoms with E-state index in [-0.39, 0.29) is 24.3 Å². The lowest BCUT2D eigenvalue weighted by molar-refractivity contribution is -0.148. The van der Waals surface area contributed by atoms with Crippen molar-refractivity contribution in [3.63, 3.8) is 0 Å². The predicted molar refractivity (Wildman–Crippen MR) is 78.7 cm³/mol. The first-order valence-electron chi connectivity index (χ1n) is 6.70. The van der Waals surface area contributed by atoms with Gasteiger partial charge < -0.3 is 10.2 Å². The molecule has 1 aromatic rings. The molecule has 1 fully saturated rings. The zero-order valence-corrected chi connectivity index (χ0v) is 13.2. The number of nitrogens with one attached hydrogen (secondary N) is 1. The fraction of sp³-hybridized carbons (Fsp3) is 0.500. The Balaban J connectivity index is 2.22. The van der Waals surface area contributed by atoms with E-state index in [2.05, 4.69) is 26.2 Å². The van der Waals surface area contributed by atoms with E-state index in [1.165, 1.54) is 0 Å². The molecule has 2 atom stereocenters. The number of nitrogens with zero attached hydrogens (tertiary/aromatic N) is 2. The van der Waals surface area contributed by atoms with Crippen molar-refractivity contribution in [2.45, 2.75) is 32.9 Å². The van der Waals surface area contributed by atoms with Gasteiger partial charge in [-0.3, -0.25) is 14.6 Å². The lowest BCUT2D eigenvalue weighted by atomic mass is 9.95. The molecule has 0 bridgehead atoms. The maximum absolute atomic E-state index is 12.1. The summed E-state index contributed by atoms with van der Waals surface area (Å²) >= 11 is 3.33. The van der Waals surface area contributed by atoms with Crippen LogP contribution in [0.5, 0.6) is 0 Å². The lowest BCUT2D eigenvalue weighted by Crippen LogP contribution is -2.60. The molecule has 0 saturated carbocycles. The average molecular weight is 340 g/mol. The van der Waals surface area contributed by atoms with Crippen LogP contribution in [0.1, 0.15) is 26.0 Å². The molecule has 2 amide bonds. The van der Waals surface area contributed by atoms with Crippen LogP contribution >= 0.6 is 15.9 Å². The fourth-order valence-electron chi connectivity index (χ4n) is 2.32. The molecule has 2 heterocycles. The molecule has 6 heteroatoms. The van der Waals surface area contributed by atoms with Crippen molar-refractivity contribution in [2.24, 2.45) is 5.92 Å². The van der Waals surface area contributed by atoms with E-state index in [0.717, 1.165) is 16.6 Å². The largest absolute Gasteiger partial charge is 0.345 e. The normalized spacial score (nSPS) is 20.8. The number of piperazine rings is 1. The van der Waals surface area contributed by atoms with Gasteiger partial charge in [-0.05, 0) is 34.0 Å². The van der Waals surface area contributed by atoms with Crippen LogP contribution in [-0.2, 0) is 16.1 Å². The second-order valence-electron chi connectivity index (χ2n) is 5.04. The third-order valence-electron chi connectivity index (χ3n) is 3.64. The van der Waals surface area contributed by atoms with Crippen LogP contribution in [0.25, 0.3) is 0 Å². The topological polar surface area (TPSA) is 62.3 Å². The number of rotatable bonds is 4.